The van der Waals surface area contributed by atoms with Gasteiger partial charge in [0.25, 0.3) is 5.91 Å². The van der Waals surface area contributed by atoms with Gasteiger partial charge in [-0.2, -0.15) is 0 Å². The van der Waals surface area contributed by atoms with Crippen LogP contribution in [0.5, 0.6) is 5.75 Å². The molecule has 0 spiro atoms. The first kappa shape index (κ1) is 13.8. The lowest BCUT2D eigenvalue weighted by molar-refractivity contribution is 0.0669. The number of methoxy groups -OCH3 is 1. The molecule has 5 nitrogen and oxygen atoms in total. The monoisotopic (exact) mass is 280 g/mol. The summed E-state index contributed by atoms with van der Waals surface area (Å²) in [6.45, 7) is 2.66. The van der Waals surface area contributed by atoms with Crippen LogP contribution < -0.4 is 10.1 Å². The van der Waals surface area contributed by atoms with E-state index < -0.39 is 0 Å². The van der Waals surface area contributed by atoms with Crippen molar-refractivity contribution < 1.29 is 14.3 Å². The van der Waals surface area contributed by atoms with Gasteiger partial charge in [0.1, 0.15) is 5.75 Å². The first-order valence-corrected chi connectivity index (χ1v) is 6.44. The third kappa shape index (κ3) is 3.42. The molecule has 2 rings (SSSR count). The van der Waals surface area contributed by atoms with Crippen LogP contribution in [0.1, 0.15) is 10.4 Å². The maximum atomic E-state index is 12.1. The maximum Gasteiger partial charge on any atom is 0.261 e. The van der Waals surface area contributed by atoms with Gasteiger partial charge in [-0.1, -0.05) is 12.1 Å². The molecule has 0 unspecified atom stereocenters. The zero-order chi connectivity index (χ0) is 13.7. The fourth-order valence-electron chi connectivity index (χ4n) is 1.84. The first-order chi connectivity index (χ1) is 9.22. The smallest absolute Gasteiger partial charge is 0.261 e. The Hall–Kier alpha value is -1.66. The summed E-state index contributed by atoms with van der Waals surface area (Å²) in [5.41, 5.74) is 0.473. The number of hydrogen-bond acceptors (Lipinski definition) is 4. The van der Waals surface area contributed by atoms with Crippen molar-refractivity contribution in [3.63, 3.8) is 0 Å². The molecule has 1 N–H and O–H groups in total. The standard InChI is InChI=1S/C13H16N2O3S/c1-17-11-5-3-2-4-10(11)12(16)14-13(19)15-6-8-18-9-7-15/h2-5H,6-9H2,1H3,(H,14,16,19). The van der Waals surface area contributed by atoms with Crippen LogP contribution in [-0.2, 0) is 4.74 Å². The Morgan fingerprint density at radius 1 is 1.37 bits per heavy atom. The fraction of sp³-hybridized carbons (Fsp3) is 0.385. The van der Waals surface area contributed by atoms with Crippen molar-refractivity contribution in [3.8, 4) is 5.75 Å². The Morgan fingerprint density at radius 3 is 2.74 bits per heavy atom. The second-order valence-electron chi connectivity index (χ2n) is 4.06. The molecule has 102 valence electrons. The molecule has 1 aromatic rings. The normalized spacial score (nSPS) is 14.9. The summed E-state index contributed by atoms with van der Waals surface area (Å²) in [5, 5.41) is 3.15. The van der Waals surface area contributed by atoms with Crippen molar-refractivity contribution >= 4 is 23.2 Å². The van der Waals surface area contributed by atoms with Crippen molar-refractivity contribution in [1.82, 2.24) is 10.2 Å². The number of thiocarbonyl (C=S) groups is 1. The SMILES string of the molecule is COc1ccccc1C(=O)NC(=S)N1CCOCC1. The van der Waals surface area contributed by atoms with Gasteiger partial charge in [0, 0.05) is 13.1 Å². The number of morpholine rings is 1. The van der Waals surface area contributed by atoms with Gasteiger partial charge < -0.3 is 14.4 Å². The molecule has 0 bridgehead atoms. The summed E-state index contributed by atoms with van der Waals surface area (Å²) >= 11 is 5.23. The predicted octanol–water partition coefficient (Wildman–Crippen LogP) is 1.04. The van der Waals surface area contributed by atoms with E-state index in [9.17, 15) is 4.79 Å². The number of carbonyl (C=O) groups is 1. The molecular weight excluding hydrogens is 264 g/mol. The molecule has 0 saturated carbocycles. The lowest BCUT2D eigenvalue weighted by Crippen LogP contribution is -2.47. The molecule has 0 aliphatic carbocycles. The van der Waals surface area contributed by atoms with E-state index in [0.717, 1.165) is 0 Å². The van der Waals surface area contributed by atoms with Gasteiger partial charge in [-0.25, -0.2) is 0 Å². The average molecular weight is 280 g/mol. The Labute approximate surface area is 117 Å². The number of para-hydroxylation sites is 1. The molecule has 1 aliphatic rings. The highest BCUT2D eigenvalue weighted by atomic mass is 32.1. The molecule has 1 amide bonds. The molecule has 1 fully saturated rings. The Morgan fingerprint density at radius 2 is 2.05 bits per heavy atom. The zero-order valence-corrected chi connectivity index (χ0v) is 11.5. The van der Waals surface area contributed by atoms with E-state index in [1.165, 1.54) is 7.11 Å². The summed E-state index contributed by atoms with van der Waals surface area (Å²) in [4.78, 5) is 14.1. The highest BCUT2D eigenvalue weighted by Gasteiger charge is 2.18. The van der Waals surface area contributed by atoms with Gasteiger partial charge in [-0.15, -0.1) is 0 Å². The fourth-order valence-corrected chi connectivity index (χ4v) is 2.12. The largest absolute Gasteiger partial charge is 0.496 e. The number of ether oxygens (including phenoxy) is 2. The highest BCUT2D eigenvalue weighted by molar-refractivity contribution is 7.80. The highest BCUT2D eigenvalue weighted by Crippen LogP contribution is 2.16. The van der Waals surface area contributed by atoms with E-state index in [-0.39, 0.29) is 5.91 Å². The molecule has 1 aliphatic heterocycles. The van der Waals surface area contributed by atoms with Gasteiger partial charge in [0.2, 0.25) is 0 Å². The lowest BCUT2D eigenvalue weighted by Gasteiger charge is -2.29. The number of rotatable bonds is 2. The van der Waals surface area contributed by atoms with Crippen molar-refractivity contribution in [2.75, 3.05) is 33.4 Å². The molecule has 1 heterocycles. The van der Waals surface area contributed by atoms with Gasteiger partial charge in [-0.3, -0.25) is 10.1 Å². The first-order valence-electron chi connectivity index (χ1n) is 6.03. The van der Waals surface area contributed by atoms with E-state index in [1.807, 2.05) is 11.0 Å². The van der Waals surface area contributed by atoms with Gasteiger partial charge in [-0.05, 0) is 24.4 Å². The van der Waals surface area contributed by atoms with Crippen molar-refractivity contribution in [1.29, 1.82) is 0 Å². The molecule has 19 heavy (non-hydrogen) atoms. The number of carbonyl (C=O) groups excluding carboxylic acids is 1. The van der Waals surface area contributed by atoms with Gasteiger partial charge >= 0.3 is 0 Å². The van der Waals surface area contributed by atoms with Crippen LogP contribution in [0, 0.1) is 0 Å². The lowest BCUT2D eigenvalue weighted by atomic mass is 10.2. The van der Waals surface area contributed by atoms with Crippen LogP contribution >= 0.6 is 12.2 Å². The third-order valence-electron chi connectivity index (χ3n) is 2.87. The van der Waals surface area contributed by atoms with Crippen LogP contribution in [0.3, 0.4) is 0 Å². The van der Waals surface area contributed by atoms with Crippen LogP contribution in [0.15, 0.2) is 24.3 Å². The minimum atomic E-state index is -0.256. The van der Waals surface area contributed by atoms with Gasteiger partial charge in [0.15, 0.2) is 5.11 Å². The minimum absolute atomic E-state index is 0.256. The summed E-state index contributed by atoms with van der Waals surface area (Å²) in [5.74, 6) is 0.277. The number of nitrogens with one attached hydrogen (secondary N) is 1. The van der Waals surface area contributed by atoms with E-state index in [4.69, 9.17) is 21.7 Å². The van der Waals surface area contributed by atoms with Crippen LogP contribution in [0.2, 0.25) is 0 Å². The molecule has 1 saturated heterocycles. The molecular formula is C13H16N2O3S. The quantitative estimate of drug-likeness (QED) is 0.820. The Balaban J connectivity index is 2.02. The second kappa shape index (κ2) is 6.49. The second-order valence-corrected chi connectivity index (χ2v) is 4.45. The molecule has 0 radical (unpaired) electrons. The zero-order valence-electron chi connectivity index (χ0n) is 10.7. The van der Waals surface area contributed by atoms with Crippen molar-refractivity contribution in [2.45, 2.75) is 0 Å². The molecule has 1 aromatic carbocycles. The summed E-state index contributed by atoms with van der Waals surface area (Å²) in [7, 11) is 1.53. The number of hydrogen-bond donors (Lipinski definition) is 1. The van der Waals surface area contributed by atoms with E-state index in [2.05, 4.69) is 5.32 Å². The predicted molar refractivity (Wildman–Crippen MR) is 75.5 cm³/mol. The molecule has 0 atom stereocenters. The van der Waals surface area contributed by atoms with Crippen LogP contribution in [0.4, 0.5) is 0 Å². The molecule has 0 aromatic heterocycles. The van der Waals surface area contributed by atoms with E-state index in [0.29, 0.717) is 42.7 Å². The van der Waals surface area contributed by atoms with E-state index >= 15 is 0 Å². The summed E-state index contributed by atoms with van der Waals surface area (Å²) in [6, 6.07) is 7.05. The minimum Gasteiger partial charge on any atom is -0.496 e. The maximum absolute atomic E-state index is 12.1. The van der Waals surface area contributed by atoms with Crippen LogP contribution in [-0.4, -0.2) is 49.3 Å². The number of amides is 1. The van der Waals surface area contributed by atoms with E-state index in [1.54, 1.807) is 18.2 Å². The number of benzene rings is 1. The van der Waals surface area contributed by atoms with Gasteiger partial charge in [0.05, 0.1) is 25.9 Å². The topological polar surface area (TPSA) is 50.8 Å². The Bertz CT molecular complexity index is 473. The Kier molecular flexibility index (Phi) is 4.70. The third-order valence-corrected chi connectivity index (χ3v) is 3.23. The number of nitrogens with zero attached hydrogens (tertiary/aromatic N) is 1. The summed E-state index contributed by atoms with van der Waals surface area (Å²) in [6.07, 6.45) is 0. The van der Waals surface area contributed by atoms with Crippen LogP contribution in [0.25, 0.3) is 0 Å². The van der Waals surface area contributed by atoms with Crippen molar-refractivity contribution in [3.05, 3.63) is 29.8 Å². The van der Waals surface area contributed by atoms with Crippen molar-refractivity contribution in [2.24, 2.45) is 0 Å². The molecule has 6 heteroatoms. The summed E-state index contributed by atoms with van der Waals surface area (Å²) < 4.78 is 10.4. The average Bonchev–Trinajstić information content (AvgIpc) is 2.48.